The summed E-state index contributed by atoms with van der Waals surface area (Å²) in [5.74, 6) is -0.243. The van der Waals surface area contributed by atoms with Gasteiger partial charge in [0.1, 0.15) is 0 Å². The minimum atomic E-state index is -3.34. The lowest BCUT2D eigenvalue weighted by atomic mass is 10.1. The van der Waals surface area contributed by atoms with Crippen molar-refractivity contribution in [1.82, 2.24) is 5.32 Å². The first-order chi connectivity index (χ1) is 11.8. The second-order valence-corrected chi connectivity index (χ2v) is 8.28. The number of hydrogen-bond acceptors (Lipinski definition) is 4. The van der Waals surface area contributed by atoms with E-state index >= 15 is 0 Å². The molecule has 0 bridgehead atoms. The third-order valence-corrected chi connectivity index (χ3v) is 5.60. The molecule has 0 aliphatic rings. The number of hydrogen-bond donors (Lipinski definition) is 2. The molecule has 0 radical (unpaired) electrons. The normalized spacial score (nSPS) is 11.3. The molecule has 0 fully saturated rings. The number of nitrogens with one attached hydrogen (secondary N) is 2. The van der Waals surface area contributed by atoms with Gasteiger partial charge in [0, 0.05) is 12.2 Å². The Bertz CT molecular complexity index is 843. The van der Waals surface area contributed by atoms with Crippen LogP contribution in [0.5, 0.6) is 0 Å². The molecule has 2 rings (SSSR count). The number of sulfone groups is 1. The molecule has 5 nitrogen and oxygen atoms in total. The summed E-state index contributed by atoms with van der Waals surface area (Å²) < 4.78 is 24.4. The van der Waals surface area contributed by atoms with Crippen LogP contribution < -0.4 is 10.6 Å². The van der Waals surface area contributed by atoms with Gasteiger partial charge < -0.3 is 10.6 Å². The van der Waals surface area contributed by atoms with Crippen molar-refractivity contribution in [2.45, 2.75) is 25.7 Å². The van der Waals surface area contributed by atoms with Crippen LogP contribution in [0.25, 0.3) is 0 Å². The molecule has 0 saturated heterocycles. The van der Waals surface area contributed by atoms with Gasteiger partial charge in [-0.25, -0.2) is 8.42 Å². The predicted molar refractivity (Wildman–Crippen MR) is 101 cm³/mol. The molecule has 0 aliphatic heterocycles. The van der Waals surface area contributed by atoms with E-state index in [0.717, 1.165) is 22.4 Å². The van der Waals surface area contributed by atoms with Crippen LogP contribution >= 0.6 is 0 Å². The fraction of sp³-hybridized carbons (Fsp3) is 0.316. The maximum atomic E-state index is 12.2. The van der Waals surface area contributed by atoms with E-state index in [1.807, 2.05) is 39.0 Å². The predicted octanol–water partition coefficient (Wildman–Crippen LogP) is 2.61. The molecule has 0 heterocycles. The van der Waals surface area contributed by atoms with E-state index in [2.05, 4.69) is 10.6 Å². The van der Waals surface area contributed by atoms with Crippen LogP contribution in [0.3, 0.4) is 0 Å². The van der Waals surface area contributed by atoms with Crippen LogP contribution in [-0.2, 0) is 14.6 Å². The van der Waals surface area contributed by atoms with Gasteiger partial charge in [-0.15, -0.1) is 0 Å². The number of anilines is 1. The number of carbonyl (C=O) groups excluding carboxylic acids is 1. The largest absolute Gasteiger partial charge is 0.325 e. The summed E-state index contributed by atoms with van der Waals surface area (Å²) in [6, 6.07) is 12.6. The first-order valence-electron chi connectivity index (χ1n) is 8.15. The van der Waals surface area contributed by atoms with Crippen molar-refractivity contribution in [2.24, 2.45) is 0 Å². The fourth-order valence-electron chi connectivity index (χ4n) is 2.42. The van der Waals surface area contributed by atoms with Crippen molar-refractivity contribution < 1.29 is 13.2 Å². The lowest BCUT2D eigenvalue weighted by Gasteiger charge is -2.10. The zero-order valence-electron chi connectivity index (χ0n) is 14.8. The highest BCUT2D eigenvalue weighted by molar-refractivity contribution is 7.91. The van der Waals surface area contributed by atoms with Crippen LogP contribution in [-0.4, -0.2) is 33.2 Å². The summed E-state index contributed by atoms with van der Waals surface area (Å²) in [4.78, 5) is 12.3. The summed E-state index contributed by atoms with van der Waals surface area (Å²) in [6.45, 7) is 6.12. The molecule has 0 aromatic heterocycles. The van der Waals surface area contributed by atoms with Gasteiger partial charge in [0.05, 0.1) is 17.2 Å². The van der Waals surface area contributed by atoms with Gasteiger partial charge in [-0.2, -0.15) is 0 Å². The Morgan fingerprint density at radius 1 is 0.960 bits per heavy atom. The smallest absolute Gasteiger partial charge is 0.238 e. The van der Waals surface area contributed by atoms with Gasteiger partial charge in [-0.1, -0.05) is 35.4 Å². The van der Waals surface area contributed by atoms with E-state index < -0.39 is 9.84 Å². The van der Waals surface area contributed by atoms with E-state index in [4.69, 9.17) is 0 Å². The molecule has 0 unspecified atom stereocenters. The number of rotatable bonds is 7. The second kappa shape index (κ2) is 8.27. The maximum absolute atomic E-state index is 12.2. The lowest BCUT2D eigenvalue weighted by Crippen LogP contribution is -2.31. The fourth-order valence-corrected chi connectivity index (χ4v) is 3.62. The van der Waals surface area contributed by atoms with Gasteiger partial charge in [-0.05, 0) is 44.5 Å². The van der Waals surface area contributed by atoms with Crippen LogP contribution in [0.1, 0.15) is 16.7 Å². The molecule has 2 N–H and O–H groups in total. The SMILES string of the molecule is Cc1ccc(S(=O)(=O)CCNCC(=O)Nc2ccc(C)cc2C)cc1. The highest BCUT2D eigenvalue weighted by Gasteiger charge is 2.14. The number of aryl methyl sites for hydroxylation is 3. The first kappa shape index (κ1) is 19.1. The van der Waals surface area contributed by atoms with E-state index in [0.29, 0.717) is 4.90 Å². The number of amides is 1. The maximum Gasteiger partial charge on any atom is 0.238 e. The van der Waals surface area contributed by atoms with E-state index in [-0.39, 0.29) is 24.7 Å². The number of carbonyl (C=O) groups is 1. The van der Waals surface area contributed by atoms with E-state index in [1.165, 1.54) is 0 Å². The summed E-state index contributed by atoms with van der Waals surface area (Å²) >= 11 is 0. The third-order valence-electron chi connectivity index (χ3n) is 3.87. The molecule has 0 spiro atoms. The average molecular weight is 360 g/mol. The van der Waals surface area contributed by atoms with Crippen molar-refractivity contribution in [1.29, 1.82) is 0 Å². The number of benzene rings is 2. The van der Waals surface area contributed by atoms with Crippen LogP contribution in [0, 0.1) is 20.8 Å². The van der Waals surface area contributed by atoms with Crippen molar-refractivity contribution in [3.05, 3.63) is 59.2 Å². The van der Waals surface area contributed by atoms with Gasteiger partial charge in [0.15, 0.2) is 9.84 Å². The Labute approximate surface area is 149 Å². The summed E-state index contributed by atoms with van der Waals surface area (Å²) in [6.07, 6.45) is 0. The monoisotopic (exact) mass is 360 g/mol. The summed E-state index contributed by atoms with van der Waals surface area (Å²) in [5, 5.41) is 5.70. The highest BCUT2D eigenvalue weighted by Crippen LogP contribution is 2.15. The third kappa shape index (κ3) is 5.69. The van der Waals surface area contributed by atoms with Crippen LogP contribution in [0.2, 0.25) is 0 Å². The van der Waals surface area contributed by atoms with Crippen molar-refractivity contribution in [3.8, 4) is 0 Å². The van der Waals surface area contributed by atoms with Crippen LogP contribution in [0.4, 0.5) is 5.69 Å². The van der Waals surface area contributed by atoms with Gasteiger partial charge in [0.25, 0.3) is 0 Å². The van der Waals surface area contributed by atoms with Crippen LogP contribution in [0.15, 0.2) is 47.4 Å². The Morgan fingerprint density at radius 3 is 2.24 bits per heavy atom. The average Bonchev–Trinajstić information content (AvgIpc) is 2.55. The van der Waals surface area contributed by atoms with Gasteiger partial charge in [0.2, 0.25) is 5.91 Å². The van der Waals surface area contributed by atoms with Crippen molar-refractivity contribution >= 4 is 21.4 Å². The molecule has 0 saturated carbocycles. The van der Waals surface area contributed by atoms with Gasteiger partial charge >= 0.3 is 0 Å². The lowest BCUT2D eigenvalue weighted by molar-refractivity contribution is -0.115. The molecule has 1 amide bonds. The topological polar surface area (TPSA) is 75.3 Å². The van der Waals surface area contributed by atoms with E-state index in [9.17, 15) is 13.2 Å². The Kier molecular flexibility index (Phi) is 6.33. The van der Waals surface area contributed by atoms with E-state index in [1.54, 1.807) is 24.3 Å². The minimum Gasteiger partial charge on any atom is -0.325 e. The first-order valence-corrected chi connectivity index (χ1v) is 9.80. The molecule has 6 heteroatoms. The summed E-state index contributed by atoms with van der Waals surface area (Å²) in [5.41, 5.74) is 3.91. The quantitative estimate of drug-likeness (QED) is 0.744. The Balaban J connectivity index is 1.80. The van der Waals surface area contributed by atoms with Gasteiger partial charge in [-0.3, -0.25) is 4.79 Å². The molecule has 2 aromatic carbocycles. The van der Waals surface area contributed by atoms with Crippen molar-refractivity contribution in [2.75, 3.05) is 24.2 Å². The zero-order valence-corrected chi connectivity index (χ0v) is 15.6. The molecule has 2 aromatic rings. The standard InChI is InChI=1S/C19H24N2O3S/c1-14-4-7-17(8-5-14)25(23,24)11-10-20-13-19(22)21-18-9-6-15(2)12-16(18)3/h4-9,12,20H,10-11,13H2,1-3H3,(H,21,22). The molecule has 0 aliphatic carbocycles. The summed E-state index contributed by atoms with van der Waals surface area (Å²) in [7, 11) is -3.34. The Hall–Kier alpha value is -2.18. The Morgan fingerprint density at radius 2 is 1.60 bits per heavy atom. The minimum absolute atomic E-state index is 0.0487. The molecule has 25 heavy (non-hydrogen) atoms. The zero-order chi connectivity index (χ0) is 18.4. The second-order valence-electron chi connectivity index (χ2n) is 6.18. The van der Waals surface area contributed by atoms with Crippen molar-refractivity contribution in [3.63, 3.8) is 0 Å². The molecule has 0 atom stereocenters. The molecule has 134 valence electrons. The molecular formula is C19H24N2O3S. The molecular weight excluding hydrogens is 336 g/mol. The highest BCUT2D eigenvalue weighted by atomic mass is 32.2.